The van der Waals surface area contributed by atoms with Gasteiger partial charge < -0.3 is 14.4 Å². The monoisotopic (exact) mass is 535 g/mol. The minimum absolute atomic E-state index is 0.150. The number of piperidine rings is 1. The highest BCUT2D eigenvalue weighted by Crippen LogP contribution is 2.31. The van der Waals surface area contributed by atoms with Crippen LogP contribution in [0.15, 0.2) is 36.7 Å². The van der Waals surface area contributed by atoms with Gasteiger partial charge >= 0.3 is 5.97 Å². The van der Waals surface area contributed by atoms with Crippen LogP contribution in [0.1, 0.15) is 61.7 Å². The highest BCUT2D eigenvalue weighted by Gasteiger charge is 2.30. The standard InChI is InChI=1S/C29H37N5O5/c1-38-28(37)23-10-8-22(9-11-23)27(36)33-32-26(35)21-6-4-20(5-7-21)24-16-30-29(31-17-24)34-14-12-25(13-15-34)39-18-19-2-3-19/h4-7,16-17,19,22-23,25H,2-3,8-15,18H2,1H3,(H,32,35)(H,33,36). The van der Waals surface area contributed by atoms with Gasteiger partial charge in [0.05, 0.1) is 19.1 Å². The first-order valence-electron chi connectivity index (χ1n) is 14.0. The second kappa shape index (κ2) is 12.5. The van der Waals surface area contributed by atoms with Crippen LogP contribution in [0.4, 0.5) is 5.95 Å². The van der Waals surface area contributed by atoms with Crippen molar-refractivity contribution in [3.05, 3.63) is 42.2 Å². The molecule has 2 aliphatic carbocycles. The predicted molar refractivity (Wildman–Crippen MR) is 144 cm³/mol. The van der Waals surface area contributed by atoms with Gasteiger partial charge in [-0.1, -0.05) is 12.1 Å². The van der Waals surface area contributed by atoms with Crippen LogP contribution in [-0.2, 0) is 19.1 Å². The van der Waals surface area contributed by atoms with E-state index in [1.54, 1.807) is 12.1 Å². The van der Waals surface area contributed by atoms with Gasteiger partial charge in [0, 0.05) is 49.1 Å². The van der Waals surface area contributed by atoms with E-state index in [4.69, 9.17) is 9.47 Å². The molecule has 0 radical (unpaired) electrons. The molecule has 0 spiro atoms. The van der Waals surface area contributed by atoms with Gasteiger partial charge in [-0.2, -0.15) is 0 Å². The van der Waals surface area contributed by atoms with Gasteiger partial charge in [0.1, 0.15) is 0 Å². The molecule has 2 aromatic rings. The van der Waals surface area contributed by atoms with E-state index in [1.807, 2.05) is 24.5 Å². The van der Waals surface area contributed by atoms with Crippen molar-refractivity contribution >= 4 is 23.7 Å². The second-order valence-corrected chi connectivity index (χ2v) is 10.8. The maximum Gasteiger partial charge on any atom is 0.308 e. The summed E-state index contributed by atoms with van der Waals surface area (Å²) in [5.74, 6) is 0.276. The summed E-state index contributed by atoms with van der Waals surface area (Å²) < 4.78 is 10.8. The molecule has 0 unspecified atom stereocenters. The lowest BCUT2D eigenvalue weighted by Gasteiger charge is -2.32. The Balaban J connectivity index is 1.07. The largest absolute Gasteiger partial charge is 0.469 e. The lowest BCUT2D eigenvalue weighted by Crippen LogP contribution is -2.45. The number of nitrogens with zero attached hydrogens (tertiary/aromatic N) is 3. The van der Waals surface area contributed by atoms with Gasteiger partial charge in [0.25, 0.3) is 5.91 Å². The third-order valence-electron chi connectivity index (χ3n) is 8.04. The number of methoxy groups -OCH3 is 1. The van der Waals surface area contributed by atoms with E-state index >= 15 is 0 Å². The first kappa shape index (κ1) is 27.1. The fraction of sp³-hybridized carbons (Fsp3) is 0.552. The van der Waals surface area contributed by atoms with E-state index in [0.717, 1.165) is 55.5 Å². The fourth-order valence-corrected chi connectivity index (χ4v) is 5.28. The molecule has 2 amide bonds. The molecule has 2 saturated carbocycles. The number of nitrogens with one attached hydrogen (secondary N) is 2. The Labute approximate surface area is 228 Å². The summed E-state index contributed by atoms with van der Waals surface area (Å²) in [6.07, 6.45) is 11.0. The number of aromatic nitrogens is 2. The van der Waals surface area contributed by atoms with Crippen molar-refractivity contribution < 1.29 is 23.9 Å². The summed E-state index contributed by atoms with van der Waals surface area (Å²) in [4.78, 5) is 48.0. The van der Waals surface area contributed by atoms with Crippen molar-refractivity contribution in [1.29, 1.82) is 0 Å². The summed E-state index contributed by atoms with van der Waals surface area (Å²) in [5, 5.41) is 0. The zero-order valence-electron chi connectivity index (χ0n) is 22.4. The third-order valence-corrected chi connectivity index (χ3v) is 8.04. The van der Waals surface area contributed by atoms with E-state index in [9.17, 15) is 14.4 Å². The topological polar surface area (TPSA) is 123 Å². The lowest BCUT2D eigenvalue weighted by molar-refractivity contribution is -0.147. The fourth-order valence-electron chi connectivity index (χ4n) is 5.28. The van der Waals surface area contributed by atoms with Gasteiger partial charge in [-0.15, -0.1) is 0 Å². The summed E-state index contributed by atoms with van der Waals surface area (Å²) in [6, 6.07) is 7.09. The predicted octanol–water partition coefficient (Wildman–Crippen LogP) is 3.28. The minimum atomic E-state index is -0.394. The molecular formula is C29H37N5O5. The van der Waals surface area contributed by atoms with Crippen LogP contribution in [0, 0.1) is 17.8 Å². The van der Waals surface area contributed by atoms with Gasteiger partial charge in [0.15, 0.2) is 0 Å². The molecule has 10 heteroatoms. The Kier molecular flexibility index (Phi) is 8.71. The van der Waals surface area contributed by atoms with Gasteiger partial charge in [-0.3, -0.25) is 25.2 Å². The van der Waals surface area contributed by atoms with Crippen LogP contribution in [-0.4, -0.2) is 60.7 Å². The average molecular weight is 536 g/mol. The zero-order valence-corrected chi connectivity index (χ0v) is 22.4. The Hall–Kier alpha value is -3.53. The molecule has 1 aliphatic heterocycles. The smallest absolute Gasteiger partial charge is 0.308 e. The number of benzene rings is 1. The molecule has 2 N–H and O–H groups in total. The number of esters is 1. The molecule has 10 nitrogen and oxygen atoms in total. The SMILES string of the molecule is COC(=O)C1CCC(C(=O)NNC(=O)c2ccc(-c3cnc(N4CCC(OCC5CC5)CC4)nc3)cc2)CC1. The van der Waals surface area contributed by atoms with Crippen molar-refractivity contribution in [1.82, 2.24) is 20.8 Å². The Morgan fingerprint density at radius 3 is 2.10 bits per heavy atom. The van der Waals surface area contributed by atoms with E-state index < -0.39 is 5.91 Å². The van der Waals surface area contributed by atoms with Crippen molar-refractivity contribution in [2.24, 2.45) is 17.8 Å². The maximum atomic E-state index is 12.6. The molecular weight excluding hydrogens is 498 g/mol. The number of rotatable bonds is 8. The minimum Gasteiger partial charge on any atom is -0.469 e. The van der Waals surface area contributed by atoms with Crippen LogP contribution in [0.3, 0.4) is 0 Å². The van der Waals surface area contributed by atoms with Crippen LogP contribution < -0.4 is 15.8 Å². The van der Waals surface area contributed by atoms with Gasteiger partial charge in [-0.25, -0.2) is 9.97 Å². The number of hydrogen-bond donors (Lipinski definition) is 2. The number of hydrogen-bond acceptors (Lipinski definition) is 8. The molecule has 1 aromatic heterocycles. The Morgan fingerprint density at radius 2 is 1.49 bits per heavy atom. The number of carbonyl (C=O) groups is 3. The molecule has 2 heterocycles. The number of anilines is 1. The van der Waals surface area contributed by atoms with Crippen LogP contribution in [0.2, 0.25) is 0 Å². The number of ether oxygens (including phenoxy) is 2. The van der Waals surface area contributed by atoms with Crippen LogP contribution in [0.25, 0.3) is 11.1 Å². The molecule has 0 bridgehead atoms. The molecule has 5 rings (SSSR count). The maximum absolute atomic E-state index is 12.6. The first-order valence-corrected chi connectivity index (χ1v) is 14.0. The molecule has 0 atom stereocenters. The van der Waals surface area contributed by atoms with Crippen LogP contribution in [0.5, 0.6) is 0 Å². The Morgan fingerprint density at radius 1 is 0.846 bits per heavy atom. The van der Waals surface area contributed by atoms with Crippen molar-refractivity contribution in [2.45, 2.75) is 57.5 Å². The normalized spacial score (nSPS) is 21.7. The van der Waals surface area contributed by atoms with E-state index in [0.29, 0.717) is 37.4 Å². The van der Waals surface area contributed by atoms with Gasteiger partial charge in [0.2, 0.25) is 11.9 Å². The molecule has 1 saturated heterocycles. The van der Waals surface area contributed by atoms with Crippen molar-refractivity contribution in [3.8, 4) is 11.1 Å². The Bertz CT molecular complexity index is 1140. The molecule has 3 fully saturated rings. The average Bonchev–Trinajstić information content (AvgIpc) is 3.83. The zero-order chi connectivity index (χ0) is 27.2. The van der Waals surface area contributed by atoms with Crippen LogP contribution >= 0.6 is 0 Å². The molecule has 39 heavy (non-hydrogen) atoms. The highest BCUT2D eigenvalue weighted by atomic mass is 16.5. The highest BCUT2D eigenvalue weighted by molar-refractivity contribution is 5.96. The summed E-state index contributed by atoms with van der Waals surface area (Å²) >= 11 is 0. The first-order chi connectivity index (χ1) is 19.0. The molecule has 3 aliphatic rings. The summed E-state index contributed by atoms with van der Waals surface area (Å²) in [6.45, 7) is 2.69. The number of hydrazine groups is 1. The third kappa shape index (κ3) is 7.11. The summed E-state index contributed by atoms with van der Waals surface area (Å²) in [7, 11) is 1.38. The second-order valence-electron chi connectivity index (χ2n) is 10.8. The molecule has 1 aromatic carbocycles. The lowest BCUT2D eigenvalue weighted by atomic mass is 9.82. The molecule has 208 valence electrons. The van der Waals surface area contributed by atoms with E-state index in [2.05, 4.69) is 25.7 Å². The number of carbonyl (C=O) groups excluding carboxylic acids is 3. The van der Waals surface area contributed by atoms with Gasteiger partial charge in [-0.05, 0) is 75.0 Å². The van der Waals surface area contributed by atoms with E-state index in [-0.39, 0.29) is 23.7 Å². The van der Waals surface area contributed by atoms with E-state index in [1.165, 1.54) is 20.0 Å². The van der Waals surface area contributed by atoms with Crippen molar-refractivity contribution in [3.63, 3.8) is 0 Å². The quantitative estimate of drug-likeness (QED) is 0.390. The number of amides is 2. The summed E-state index contributed by atoms with van der Waals surface area (Å²) in [5.41, 5.74) is 7.21. The van der Waals surface area contributed by atoms with Crippen molar-refractivity contribution in [2.75, 3.05) is 31.7 Å².